The van der Waals surface area contributed by atoms with Crippen molar-refractivity contribution in [1.29, 1.82) is 0 Å². The SMILES string of the molecule is CC(C)(C)c1cc(C=N[C@@H]2C[N+]([O-])(Cc3ccccc3)C[C@H]2N=Cc2cc(C(C)(C)C)cc(C(C)(C)C)c2O)c(O)c(C(C)(C)C)c1. The molecule has 0 spiro atoms. The lowest BCUT2D eigenvalue weighted by molar-refractivity contribution is -0.882. The van der Waals surface area contributed by atoms with E-state index in [1.807, 2.05) is 42.5 Å². The fourth-order valence-electron chi connectivity index (χ4n) is 6.21. The Kier molecular flexibility index (Phi) is 9.94. The number of aliphatic imine (C=N–C) groups is 2. The van der Waals surface area contributed by atoms with Gasteiger partial charge in [0.1, 0.15) is 43.2 Å². The van der Waals surface area contributed by atoms with Gasteiger partial charge in [0.25, 0.3) is 0 Å². The zero-order chi connectivity index (χ0) is 35.2. The highest BCUT2D eigenvalue weighted by molar-refractivity contribution is 5.86. The van der Waals surface area contributed by atoms with E-state index in [2.05, 4.69) is 95.2 Å². The number of rotatable bonds is 6. The van der Waals surface area contributed by atoms with E-state index < -0.39 is 16.7 Å². The van der Waals surface area contributed by atoms with Gasteiger partial charge in [-0.2, -0.15) is 0 Å². The molecule has 3 aromatic rings. The Bertz CT molecular complexity index is 1530. The first kappa shape index (κ1) is 36.4. The number of aromatic hydroxyl groups is 2. The topological polar surface area (TPSA) is 88.2 Å². The van der Waals surface area contributed by atoms with Crippen molar-refractivity contribution in [1.82, 2.24) is 0 Å². The van der Waals surface area contributed by atoms with Crippen LogP contribution in [0.3, 0.4) is 0 Å². The number of hydrogen-bond donors (Lipinski definition) is 2. The van der Waals surface area contributed by atoms with Gasteiger partial charge in [0.2, 0.25) is 0 Å². The van der Waals surface area contributed by atoms with E-state index >= 15 is 0 Å². The highest BCUT2D eigenvalue weighted by atomic mass is 16.5. The average Bonchev–Trinajstić information content (AvgIpc) is 3.24. The third kappa shape index (κ3) is 8.71. The number of quaternary nitrogens is 1. The Morgan fingerprint density at radius 1 is 0.638 bits per heavy atom. The van der Waals surface area contributed by atoms with E-state index in [1.54, 1.807) is 12.4 Å². The molecule has 6 nitrogen and oxygen atoms in total. The molecule has 1 aliphatic heterocycles. The molecule has 4 rings (SSSR count). The number of benzene rings is 3. The Labute approximate surface area is 283 Å². The molecular weight excluding hydrogens is 582 g/mol. The van der Waals surface area contributed by atoms with Crippen LogP contribution < -0.4 is 0 Å². The first-order valence-corrected chi connectivity index (χ1v) is 16.9. The molecule has 0 amide bonds. The first-order valence-electron chi connectivity index (χ1n) is 16.9. The molecule has 0 unspecified atom stereocenters. The molecule has 1 saturated heterocycles. The quantitative estimate of drug-likeness (QED) is 0.160. The van der Waals surface area contributed by atoms with E-state index in [0.29, 0.717) is 17.7 Å². The highest BCUT2D eigenvalue weighted by Gasteiger charge is 2.40. The largest absolute Gasteiger partial charge is 0.632 e. The van der Waals surface area contributed by atoms with Crippen LogP contribution >= 0.6 is 0 Å². The minimum Gasteiger partial charge on any atom is -0.632 e. The van der Waals surface area contributed by atoms with Crippen LogP contribution in [0.1, 0.15) is 122 Å². The van der Waals surface area contributed by atoms with Gasteiger partial charge in [-0.25, -0.2) is 0 Å². The van der Waals surface area contributed by atoms with Crippen LogP contribution in [-0.2, 0) is 28.2 Å². The van der Waals surface area contributed by atoms with Gasteiger partial charge in [-0.3, -0.25) is 9.98 Å². The normalized spacial score (nSPS) is 21.3. The summed E-state index contributed by atoms with van der Waals surface area (Å²) >= 11 is 0. The third-order valence-corrected chi connectivity index (χ3v) is 9.23. The van der Waals surface area contributed by atoms with Gasteiger partial charge < -0.3 is 20.1 Å². The van der Waals surface area contributed by atoms with Crippen LogP contribution in [0.5, 0.6) is 11.5 Å². The summed E-state index contributed by atoms with van der Waals surface area (Å²) in [5, 5.41) is 37.1. The van der Waals surface area contributed by atoms with Gasteiger partial charge >= 0.3 is 0 Å². The summed E-state index contributed by atoms with van der Waals surface area (Å²) in [6, 6.07) is 17.2. The summed E-state index contributed by atoms with van der Waals surface area (Å²) < 4.78 is -0.448. The van der Waals surface area contributed by atoms with Crippen LogP contribution in [-0.4, -0.2) is 52.5 Å². The molecule has 2 atom stereocenters. The van der Waals surface area contributed by atoms with E-state index in [0.717, 1.165) is 27.8 Å². The van der Waals surface area contributed by atoms with Crippen molar-refractivity contribution in [2.24, 2.45) is 9.98 Å². The molecule has 0 saturated carbocycles. The molecule has 1 heterocycles. The molecule has 1 fully saturated rings. The fraction of sp³-hybridized carbons (Fsp3) is 0.512. The van der Waals surface area contributed by atoms with Gasteiger partial charge in [-0.05, 0) is 44.9 Å². The lowest BCUT2D eigenvalue weighted by atomic mass is 9.79. The number of likely N-dealkylation sites (tertiary alicyclic amines) is 1. The maximum absolute atomic E-state index is 14.3. The summed E-state index contributed by atoms with van der Waals surface area (Å²) in [4.78, 5) is 9.98. The second-order valence-electron chi connectivity index (χ2n) is 17.7. The van der Waals surface area contributed by atoms with Crippen molar-refractivity contribution in [2.75, 3.05) is 13.1 Å². The molecule has 0 aliphatic carbocycles. The lowest BCUT2D eigenvalue weighted by Crippen LogP contribution is -2.39. The molecular formula is C41H57N3O3. The van der Waals surface area contributed by atoms with E-state index in [4.69, 9.17) is 9.98 Å². The molecule has 0 bridgehead atoms. The Morgan fingerprint density at radius 3 is 1.36 bits per heavy atom. The summed E-state index contributed by atoms with van der Waals surface area (Å²) in [6.45, 7) is 26.4. The fourth-order valence-corrected chi connectivity index (χ4v) is 6.21. The summed E-state index contributed by atoms with van der Waals surface area (Å²) in [6.07, 6.45) is 3.47. The smallest absolute Gasteiger partial charge is 0.128 e. The van der Waals surface area contributed by atoms with Crippen molar-refractivity contribution >= 4 is 12.4 Å². The average molecular weight is 640 g/mol. The zero-order valence-electron chi connectivity index (χ0n) is 30.8. The van der Waals surface area contributed by atoms with Crippen molar-refractivity contribution in [3.8, 4) is 11.5 Å². The van der Waals surface area contributed by atoms with E-state index in [-0.39, 0.29) is 46.2 Å². The van der Waals surface area contributed by atoms with Crippen molar-refractivity contribution in [3.63, 3.8) is 0 Å². The van der Waals surface area contributed by atoms with Crippen LogP contribution in [0.2, 0.25) is 0 Å². The summed E-state index contributed by atoms with van der Waals surface area (Å²) in [5.41, 5.74) is 5.47. The molecule has 3 aromatic carbocycles. The summed E-state index contributed by atoms with van der Waals surface area (Å²) in [7, 11) is 0. The molecule has 0 aromatic heterocycles. The van der Waals surface area contributed by atoms with Gasteiger partial charge in [0.15, 0.2) is 0 Å². The Balaban J connectivity index is 1.79. The number of hydrogen-bond acceptors (Lipinski definition) is 5. The lowest BCUT2D eigenvalue weighted by Gasteiger charge is -2.38. The van der Waals surface area contributed by atoms with Crippen LogP contribution in [0, 0.1) is 5.21 Å². The molecule has 0 radical (unpaired) electrons. The molecule has 1 aliphatic rings. The predicted octanol–water partition coefficient (Wildman–Crippen LogP) is 9.09. The van der Waals surface area contributed by atoms with E-state index in [9.17, 15) is 15.4 Å². The van der Waals surface area contributed by atoms with Gasteiger partial charge in [-0.15, -0.1) is 0 Å². The molecule has 254 valence electrons. The minimum atomic E-state index is -0.448. The Morgan fingerprint density at radius 2 is 1.02 bits per heavy atom. The Hall–Kier alpha value is -3.48. The van der Waals surface area contributed by atoms with Gasteiger partial charge in [0.05, 0.1) is 0 Å². The van der Waals surface area contributed by atoms with Crippen molar-refractivity contribution in [2.45, 2.75) is 123 Å². The van der Waals surface area contributed by atoms with Gasteiger partial charge in [-0.1, -0.05) is 126 Å². The van der Waals surface area contributed by atoms with Crippen LogP contribution in [0.25, 0.3) is 0 Å². The number of nitrogens with zero attached hydrogens (tertiary/aromatic N) is 3. The first-order chi connectivity index (χ1) is 21.5. The van der Waals surface area contributed by atoms with Crippen LogP contribution in [0.15, 0.2) is 64.6 Å². The van der Waals surface area contributed by atoms with Crippen molar-refractivity contribution < 1.29 is 14.9 Å². The van der Waals surface area contributed by atoms with Crippen molar-refractivity contribution in [3.05, 3.63) is 98.7 Å². The maximum Gasteiger partial charge on any atom is 0.128 e. The number of hydroxylamine groups is 3. The molecule has 47 heavy (non-hydrogen) atoms. The summed E-state index contributed by atoms with van der Waals surface area (Å²) in [5.74, 6) is 0.441. The zero-order valence-corrected chi connectivity index (χ0v) is 30.8. The monoisotopic (exact) mass is 639 g/mol. The maximum atomic E-state index is 14.3. The van der Waals surface area contributed by atoms with Gasteiger partial charge in [0, 0.05) is 40.2 Å². The number of phenols is 2. The molecule has 2 N–H and O–H groups in total. The molecule has 6 heteroatoms. The van der Waals surface area contributed by atoms with Crippen LogP contribution in [0.4, 0.5) is 0 Å². The minimum absolute atomic E-state index is 0.122. The van der Waals surface area contributed by atoms with E-state index in [1.165, 1.54) is 0 Å². The second-order valence-corrected chi connectivity index (χ2v) is 17.7. The highest BCUT2D eigenvalue weighted by Crippen LogP contribution is 2.39. The number of phenolic OH excluding ortho intramolecular Hbond substituents is 2. The standard InChI is InChI=1S/C41H57N3O3/c1-38(2,3)30-18-28(36(45)32(20-30)40(7,8)9)22-42-34-25-44(47,24-27-16-14-13-15-17-27)26-35(34)43-23-29-19-31(39(4,5)6)21-33(37(29)46)41(10,11)12/h13-23,34-35,45-46H,24-26H2,1-12H3/t34-,35-,44?/m1/s1. The second kappa shape index (κ2) is 12.9. The third-order valence-electron chi connectivity index (χ3n) is 9.23. The predicted molar refractivity (Wildman–Crippen MR) is 197 cm³/mol.